The zero-order chi connectivity index (χ0) is 20.9. The fraction of sp³-hybridized carbons (Fsp3) is 0. The van der Waals surface area contributed by atoms with Gasteiger partial charge in [-0.25, -0.2) is 13.6 Å². The van der Waals surface area contributed by atoms with Crippen molar-refractivity contribution in [1.29, 1.82) is 0 Å². The number of nitrogens with one attached hydrogen (secondary N) is 2. The van der Waals surface area contributed by atoms with Gasteiger partial charge in [-0.15, -0.1) is 11.3 Å². The summed E-state index contributed by atoms with van der Waals surface area (Å²) in [7, 11) is -3.82. The molecule has 0 unspecified atom stereocenters. The molecule has 0 atom stereocenters. The van der Waals surface area contributed by atoms with Gasteiger partial charge in [0.2, 0.25) is 10.0 Å². The van der Waals surface area contributed by atoms with E-state index >= 15 is 0 Å². The van der Waals surface area contributed by atoms with E-state index < -0.39 is 21.8 Å². The molecule has 0 aliphatic heterocycles. The van der Waals surface area contributed by atoms with Crippen molar-refractivity contribution in [2.45, 2.75) is 4.90 Å². The molecule has 0 spiro atoms. The van der Waals surface area contributed by atoms with E-state index in [9.17, 15) is 18.0 Å². The molecule has 148 valence electrons. The summed E-state index contributed by atoms with van der Waals surface area (Å²) in [5.74, 6) is -0.973. The van der Waals surface area contributed by atoms with Crippen molar-refractivity contribution in [3.63, 3.8) is 0 Å². The van der Waals surface area contributed by atoms with Gasteiger partial charge in [0.25, 0.3) is 11.8 Å². The van der Waals surface area contributed by atoms with Crippen LogP contribution in [-0.4, -0.2) is 20.2 Å². The molecule has 0 saturated heterocycles. The van der Waals surface area contributed by atoms with Gasteiger partial charge in [0, 0.05) is 16.1 Å². The Morgan fingerprint density at radius 1 is 0.931 bits per heavy atom. The third-order valence-corrected chi connectivity index (χ3v) is 5.55. The van der Waals surface area contributed by atoms with Crippen LogP contribution in [0.4, 0.5) is 5.69 Å². The van der Waals surface area contributed by atoms with Gasteiger partial charge >= 0.3 is 0 Å². The van der Waals surface area contributed by atoms with Crippen LogP contribution in [0, 0.1) is 0 Å². The van der Waals surface area contributed by atoms with Gasteiger partial charge in [-0.3, -0.25) is 9.59 Å². The van der Waals surface area contributed by atoms with Gasteiger partial charge in [0.15, 0.2) is 0 Å². The Morgan fingerprint density at radius 2 is 1.62 bits per heavy atom. The highest BCUT2D eigenvalue weighted by Gasteiger charge is 2.16. The Kier molecular flexibility index (Phi) is 6.23. The SMILES string of the molecule is NS(=O)(=O)c1ccc(NC(=O)C(=Cc2cccs2)NC(=O)c2ccccc2)cc1. The molecular formula is C20H17N3O4S2. The zero-order valence-electron chi connectivity index (χ0n) is 15.0. The molecular weight excluding hydrogens is 410 g/mol. The number of carbonyl (C=O) groups is 2. The van der Waals surface area contributed by atoms with Crippen molar-refractivity contribution in [3.05, 3.63) is 88.2 Å². The molecule has 3 aromatic rings. The lowest BCUT2D eigenvalue weighted by molar-refractivity contribution is -0.113. The fourth-order valence-electron chi connectivity index (χ4n) is 2.38. The Balaban J connectivity index is 1.82. The fourth-order valence-corrected chi connectivity index (χ4v) is 3.56. The molecule has 0 aliphatic rings. The Hall–Kier alpha value is -3.27. The first-order valence-electron chi connectivity index (χ1n) is 8.39. The van der Waals surface area contributed by atoms with Gasteiger partial charge in [-0.1, -0.05) is 24.3 Å². The smallest absolute Gasteiger partial charge is 0.272 e. The first-order valence-corrected chi connectivity index (χ1v) is 10.8. The van der Waals surface area contributed by atoms with Crippen LogP contribution in [0.25, 0.3) is 6.08 Å². The molecule has 3 rings (SSSR count). The summed E-state index contributed by atoms with van der Waals surface area (Å²) in [5, 5.41) is 12.2. The largest absolute Gasteiger partial charge is 0.321 e. The summed E-state index contributed by atoms with van der Waals surface area (Å²) in [5.41, 5.74) is 0.820. The van der Waals surface area contributed by atoms with E-state index in [4.69, 9.17) is 5.14 Å². The van der Waals surface area contributed by atoms with Crippen LogP contribution in [0.1, 0.15) is 15.2 Å². The molecule has 4 N–H and O–H groups in total. The monoisotopic (exact) mass is 427 g/mol. The molecule has 0 radical (unpaired) electrons. The van der Waals surface area contributed by atoms with Crippen LogP contribution < -0.4 is 15.8 Å². The van der Waals surface area contributed by atoms with Crippen molar-refractivity contribution < 1.29 is 18.0 Å². The minimum atomic E-state index is -3.82. The molecule has 1 aromatic heterocycles. The number of hydrogen-bond acceptors (Lipinski definition) is 5. The van der Waals surface area contributed by atoms with E-state index in [2.05, 4.69) is 10.6 Å². The average molecular weight is 428 g/mol. The predicted molar refractivity (Wildman–Crippen MR) is 113 cm³/mol. The lowest BCUT2D eigenvalue weighted by Crippen LogP contribution is -2.30. The number of anilines is 1. The number of benzene rings is 2. The summed E-state index contributed by atoms with van der Waals surface area (Å²) >= 11 is 1.41. The maximum Gasteiger partial charge on any atom is 0.272 e. The Labute approximate surface area is 171 Å². The van der Waals surface area contributed by atoms with Crippen molar-refractivity contribution in [2.75, 3.05) is 5.32 Å². The standard InChI is InChI=1S/C20H17N3O4S2/c21-29(26,27)17-10-8-15(9-11-17)22-20(25)18(13-16-7-4-12-28-16)23-19(24)14-5-2-1-3-6-14/h1-13H,(H,22,25)(H,23,24)(H2,21,26,27). The lowest BCUT2D eigenvalue weighted by atomic mass is 10.2. The van der Waals surface area contributed by atoms with Crippen molar-refractivity contribution in [1.82, 2.24) is 5.32 Å². The van der Waals surface area contributed by atoms with Crippen LogP contribution in [0.5, 0.6) is 0 Å². The first kappa shape index (κ1) is 20.5. The van der Waals surface area contributed by atoms with E-state index in [1.165, 1.54) is 35.6 Å². The number of carbonyl (C=O) groups excluding carboxylic acids is 2. The van der Waals surface area contributed by atoms with Crippen LogP contribution in [-0.2, 0) is 14.8 Å². The van der Waals surface area contributed by atoms with Crippen LogP contribution in [0.15, 0.2) is 82.7 Å². The van der Waals surface area contributed by atoms with Crippen LogP contribution in [0.2, 0.25) is 0 Å². The van der Waals surface area contributed by atoms with E-state index in [1.807, 2.05) is 17.5 Å². The molecule has 29 heavy (non-hydrogen) atoms. The number of nitrogens with two attached hydrogens (primary N) is 1. The molecule has 0 fully saturated rings. The van der Waals surface area contributed by atoms with Crippen molar-refractivity contribution >= 4 is 44.9 Å². The normalized spacial score (nSPS) is 11.7. The second-order valence-corrected chi connectivity index (χ2v) is 8.46. The maximum atomic E-state index is 12.8. The number of hydrogen-bond donors (Lipinski definition) is 3. The van der Waals surface area contributed by atoms with Gasteiger partial charge in [0.05, 0.1) is 4.90 Å². The van der Waals surface area contributed by atoms with E-state index in [1.54, 1.807) is 36.4 Å². The second kappa shape index (κ2) is 8.82. The number of sulfonamides is 1. The summed E-state index contributed by atoms with van der Waals surface area (Å²) in [4.78, 5) is 26.0. The molecule has 2 amide bonds. The van der Waals surface area contributed by atoms with E-state index in [-0.39, 0.29) is 10.6 Å². The zero-order valence-corrected chi connectivity index (χ0v) is 16.7. The summed E-state index contributed by atoms with van der Waals surface area (Å²) < 4.78 is 22.7. The molecule has 1 heterocycles. The highest BCUT2D eigenvalue weighted by atomic mass is 32.2. The average Bonchev–Trinajstić information content (AvgIpc) is 3.21. The van der Waals surface area contributed by atoms with Gasteiger partial charge in [-0.05, 0) is 53.9 Å². The highest BCUT2D eigenvalue weighted by Crippen LogP contribution is 2.16. The summed E-state index contributed by atoms with van der Waals surface area (Å²) in [6.07, 6.45) is 1.57. The number of amides is 2. The third kappa shape index (κ3) is 5.61. The molecule has 0 aliphatic carbocycles. The molecule has 0 saturated carbocycles. The Bertz CT molecular complexity index is 1140. The van der Waals surface area contributed by atoms with Gasteiger partial charge in [0.1, 0.15) is 5.70 Å². The number of rotatable bonds is 6. The quantitative estimate of drug-likeness (QED) is 0.524. The summed E-state index contributed by atoms with van der Waals surface area (Å²) in [6, 6.07) is 17.6. The highest BCUT2D eigenvalue weighted by molar-refractivity contribution is 7.89. The van der Waals surface area contributed by atoms with Gasteiger partial charge in [-0.2, -0.15) is 0 Å². The first-order chi connectivity index (χ1) is 13.8. The maximum absolute atomic E-state index is 12.8. The van der Waals surface area contributed by atoms with Crippen LogP contribution in [0.3, 0.4) is 0 Å². The number of primary sulfonamides is 1. The predicted octanol–water partition coefficient (Wildman–Crippen LogP) is 2.81. The Morgan fingerprint density at radius 3 is 2.21 bits per heavy atom. The van der Waals surface area contributed by atoms with Gasteiger partial charge < -0.3 is 10.6 Å². The molecule has 7 nitrogen and oxygen atoms in total. The van der Waals surface area contributed by atoms with E-state index in [0.717, 1.165) is 4.88 Å². The topological polar surface area (TPSA) is 118 Å². The molecule has 2 aromatic carbocycles. The molecule has 9 heteroatoms. The van der Waals surface area contributed by atoms with Crippen molar-refractivity contribution in [2.24, 2.45) is 5.14 Å². The lowest BCUT2D eigenvalue weighted by Gasteiger charge is -2.11. The minimum absolute atomic E-state index is 0.0526. The second-order valence-electron chi connectivity index (χ2n) is 5.92. The number of thiophene rings is 1. The third-order valence-electron chi connectivity index (χ3n) is 3.80. The van der Waals surface area contributed by atoms with Crippen molar-refractivity contribution in [3.8, 4) is 0 Å². The van der Waals surface area contributed by atoms with E-state index in [0.29, 0.717) is 11.3 Å². The molecule has 0 bridgehead atoms. The minimum Gasteiger partial charge on any atom is -0.321 e. The van der Waals surface area contributed by atoms with Crippen LogP contribution >= 0.6 is 11.3 Å². The summed E-state index contributed by atoms with van der Waals surface area (Å²) in [6.45, 7) is 0.